The van der Waals surface area contributed by atoms with Crippen LogP contribution in [0.2, 0.25) is 0 Å². The topological polar surface area (TPSA) is 90.9 Å². The number of dihydropyridines is 1. The van der Waals surface area contributed by atoms with Crippen LogP contribution < -0.4 is 10.1 Å². The molecular formula is C26H27NO6S. The highest BCUT2D eigenvalue weighted by Crippen LogP contribution is 2.49. The van der Waals surface area contributed by atoms with Gasteiger partial charge in [-0.05, 0) is 55.0 Å². The number of rotatable bonds is 5. The largest absolute Gasteiger partial charge is 0.497 e. The van der Waals surface area contributed by atoms with Gasteiger partial charge in [0.15, 0.2) is 5.78 Å². The van der Waals surface area contributed by atoms with Crippen molar-refractivity contribution in [1.82, 2.24) is 5.32 Å². The van der Waals surface area contributed by atoms with E-state index in [2.05, 4.69) is 5.32 Å². The number of methoxy groups -OCH3 is 3. The van der Waals surface area contributed by atoms with E-state index in [9.17, 15) is 14.4 Å². The van der Waals surface area contributed by atoms with Crippen LogP contribution >= 0.6 is 11.3 Å². The van der Waals surface area contributed by atoms with Gasteiger partial charge in [0.2, 0.25) is 0 Å². The standard InChI is InChI=1S/C26H27NO6S/c1-13-10-11-34-24(13)22-19(25(29)32-4)14(2)27-18-12-17(15-6-8-16(31-3)9-7-15)20(26(30)33-5)23(28)21(18)22/h6-11,17,20,22,27H,12H2,1-5H3/t17-,20+,22-/m1/s1. The molecule has 34 heavy (non-hydrogen) atoms. The van der Waals surface area contributed by atoms with Gasteiger partial charge in [-0.15, -0.1) is 11.3 Å². The van der Waals surface area contributed by atoms with E-state index in [-0.39, 0.29) is 5.78 Å². The summed E-state index contributed by atoms with van der Waals surface area (Å²) in [6.07, 6.45) is 0.417. The molecule has 2 heterocycles. The van der Waals surface area contributed by atoms with E-state index in [1.54, 1.807) is 7.11 Å². The molecule has 1 aliphatic heterocycles. The Morgan fingerprint density at radius 1 is 1.03 bits per heavy atom. The van der Waals surface area contributed by atoms with Crippen LogP contribution in [0.1, 0.15) is 41.2 Å². The molecule has 0 spiro atoms. The van der Waals surface area contributed by atoms with Gasteiger partial charge in [0, 0.05) is 27.8 Å². The first kappa shape index (κ1) is 23.8. The Morgan fingerprint density at radius 3 is 2.29 bits per heavy atom. The fourth-order valence-electron chi connectivity index (χ4n) is 4.92. The molecule has 4 rings (SSSR count). The molecule has 0 bridgehead atoms. The summed E-state index contributed by atoms with van der Waals surface area (Å²) in [7, 11) is 4.19. The maximum absolute atomic E-state index is 14.1. The highest BCUT2D eigenvalue weighted by atomic mass is 32.1. The van der Waals surface area contributed by atoms with Crippen molar-refractivity contribution >= 4 is 29.1 Å². The molecule has 0 saturated heterocycles. The summed E-state index contributed by atoms with van der Waals surface area (Å²) >= 11 is 1.48. The quantitative estimate of drug-likeness (QED) is 0.510. The van der Waals surface area contributed by atoms with Crippen molar-refractivity contribution in [3.05, 3.63) is 74.3 Å². The average molecular weight is 482 g/mol. The number of hydrogen-bond donors (Lipinski definition) is 1. The second-order valence-corrected chi connectivity index (χ2v) is 9.34. The van der Waals surface area contributed by atoms with Gasteiger partial charge in [0.1, 0.15) is 11.7 Å². The number of nitrogens with one attached hydrogen (secondary N) is 1. The molecule has 0 radical (unpaired) electrons. The molecular weight excluding hydrogens is 454 g/mol. The van der Waals surface area contributed by atoms with E-state index in [0.717, 1.165) is 16.0 Å². The van der Waals surface area contributed by atoms with Gasteiger partial charge in [0.25, 0.3) is 0 Å². The summed E-state index contributed by atoms with van der Waals surface area (Å²) in [5.74, 6) is -2.81. The number of thiophene rings is 1. The van der Waals surface area contributed by atoms with Gasteiger partial charge in [-0.1, -0.05) is 12.1 Å². The SMILES string of the molecule is COC(=O)C1=C(C)NC2=C(C(=O)[C@@H](C(=O)OC)[C@@H](c3ccc(OC)cc3)C2)[C@@H]1c1sccc1C. The molecule has 3 atom stereocenters. The van der Waals surface area contributed by atoms with E-state index >= 15 is 0 Å². The van der Waals surface area contributed by atoms with Crippen molar-refractivity contribution in [2.45, 2.75) is 32.1 Å². The van der Waals surface area contributed by atoms with Crippen LogP contribution in [0.25, 0.3) is 0 Å². The summed E-state index contributed by atoms with van der Waals surface area (Å²) in [4.78, 5) is 40.7. The van der Waals surface area contributed by atoms with E-state index in [1.165, 1.54) is 25.6 Å². The lowest BCUT2D eigenvalue weighted by molar-refractivity contribution is -0.150. The molecule has 1 aromatic heterocycles. The maximum atomic E-state index is 14.1. The van der Waals surface area contributed by atoms with E-state index in [0.29, 0.717) is 34.7 Å². The molecule has 1 N–H and O–H groups in total. The molecule has 178 valence electrons. The van der Waals surface area contributed by atoms with E-state index in [1.807, 2.05) is 49.6 Å². The number of benzene rings is 1. The Morgan fingerprint density at radius 2 is 1.74 bits per heavy atom. The smallest absolute Gasteiger partial charge is 0.336 e. The van der Waals surface area contributed by atoms with Gasteiger partial charge in [-0.3, -0.25) is 9.59 Å². The summed E-state index contributed by atoms with van der Waals surface area (Å²) in [6, 6.07) is 9.31. The Hall–Kier alpha value is -3.39. The lowest BCUT2D eigenvalue weighted by atomic mass is 9.68. The normalized spacial score (nSPS) is 22.1. The Bertz CT molecular complexity index is 1210. The molecule has 8 heteroatoms. The summed E-state index contributed by atoms with van der Waals surface area (Å²) in [6.45, 7) is 3.76. The van der Waals surface area contributed by atoms with Crippen molar-refractivity contribution in [3.8, 4) is 5.75 Å². The third-order valence-electron chi connectivity index (χ3n) is 6.59. The summed E-state index contributed by atoms with van der Waals surface area (Å²) in [5.41, 5.74) is 3.97. The second kappa shape index (κ2) is 9.46. The third-order valence-corrected chi connectivity index (χ3v) is 7.67. The molecule has 0 unspecified atom stereocenters. The van der Waals surface area contributed by atoms with Crippen LogP contribution in [0.5, 0.6) is 5.75 Å². The second-order valence-electron chi connectivity index (χ2n) is 8.40. The van der Waals surface area contributed by atoms with Crippen molar-refractivity contribution in [3.63, 3.8) is 0 Å². The molecule has 1 aromatic carbocycles. The fourth-order valence-corrected chi connectivity index (χ4v) is 5.96. The minimum atomic E-state index is -1.03. The third kappa shape index (κ3) is 3.92. The van der Waals surface area contributed by atoms with Crippen molar-refractivity contribution in [1.29, 1.82) is 0 Å². The van der Waals surface area contributed by atoms with Crippen LogP contribution in [0.15, 0.2) is 58.3 Å². The predicted molar refractivity (Wildman–Crippen MR) is 128 cm³/mol. The van der Waals surface area contributed by atoms with Gasteiger partial charge in [0.05, 0.1) is 32.8 Å². The number of hydrogen-bond acceptors (Lipinski definition) is 8. The maximum Gasteiger partial charge on any atom is 0.336 e. The number of Topliss-reactive ketones (excluding diaryl/α,β-unsaturated/α-hetero) is 1. The lowest BCUT2D eigenvalue weighted by Gasteiger charge is -2.39. The number of ketones is 1. The first-order chi connectivity index (χ1) is 16.3. The summed E-state index contributed by atoms with van der Waals surface area (Å²) in [5, 5.41) is 5.22. The lowest BCUT2D eigenvalue weighted by Crippen LogP contribution is -2.43. The van der Waals surface area contributed by atoms with Crippen LogP contribution in [0.4, 0.5) is 0 Å². The van der Waals surface area contributed by atoms with Crippen LogP contribution in [-0.2, 0) is 23.9 Å². The Labute approximate surface area is 202 Å². The minimum absolute atomic E-state index is 0.340. The zero-order chi connectivity index (χ0) is 24.6. The Balaban J connectivity index is 1.89. The highest BCUT2D eigenvalue weighted by Gasteiger charge is 2.49. The fraction of sp³-hybridized carbons (Fsp3) is 0.346. The first-order valence-electron chi connectivity index (χ1n) is 10.9. The predicted octanol–water partition coefficient (Wildman–Crippen LogP) is 4.00. The number of aryl methyl sites for hydroxylation is 1. The zero-order valence-electron chi connectivity index (χ0n) is 19.8. The monoisotopic (exact) mass is 481 g/mol. The molecule has 7 nitrogen and oxygen atoms in total. The average Bonchev–Trinajstić information content (AvgIpc) is 3.27. The Kier molecular flexibility index (Phi) is 6.61. The number of allylic oxidation sites excluding steroid dienone is 3. The van der Waals surface area contributed by atoms with Crippen LogP contribution in [0.3, 0.4) is 0 Å². The minimum Gasteiger partial charge on any atom is -0.497 e. The molecule has 0 fully saturated rings. The van der Waals surface area contributed by atoms with Crippen LogP contribution in [0, 0.1) is 12.8 Å². The number of carbonyl (C=O) groups is 3. The number of carbonyl (C=O) groups excluding carboxylic acids is 3. The molecule has 2 aliphatic rings. The van der Waals surface area contributed by atoms with Gasteiger partial charge < -0.3 is 19.5 Å². The highest BCUT2D eigenvalue weighted by molar-refractivity contribution is 7.10. The number of esters is 2. The molecule has 0 saturated carbocycles. The molecule has 2 aromatic rings. The summed E-state index contributed by atoms with van der Waals surface area (Å²) < 4.78 is 15.4. The molecule has 1 aliphatic carbocycles. The van der Waals surface area contributed by atoms with Crippen LogP contribution in [-0.4, -0.2) is 39.1 Å². The van der Waals surface area contributed by atoms with Crippen molar-refractivity contribution < 1.29 is 28.6 Å². The van der Waals surface area contributed by atoms with Gasteiger partial charge >= 0.3 is 11.9 Å². The number of ether oxygens (including phenoxy) is 3. The van der Waals surface area contributed by atoms with Crippen molar-refractivity contribution in [2.24, 2.45) is 5.92 Å². The van der Waals surface area contributed by atoms with Gasteiger partial charge in [-0.25, -0.2) is 4.79 Å². The van der Waals surface area contributed by atoms with E-state index < -0.39 is 29.7 Å². The van der Waals surface area contributed by atoms with Crippen molar-refractivity contribution in [2.75, 3.05) is 21.3 Å². The first-order valence-corrected chi connectivity index (χ1v) is 11.8. The molecule has 0 amide bonds. The van der Waals surface area contributed by atoms with E-state index in [4.69, 9.17) is 14.2 Å². The zero-order valence-corrected chi connectivity index (χ0v) is 20.6. The van der Waals surface area contributed by atoms with Gasteiger partial charge in [-0.2, -0.15) is 0 Å².